The van der Waals surface area contributed by atoms with E-state index in [1.54, 1.807) is 7.11 Å². The fourth-order valence-electron chi connectivity index (χ4n) is 1.91. The summed E-state index contributed by atoms with van der Waals surface area (Å²) in [6, 6.07) is 8.07. The molecule has 0 radical (unpaired) electrons. The molecule has 1 heterocycles. The fourth-order valence-corrected chi connectivity index (χ4v) is 1.91. The van der Waals surface area contributed by atoms with Gasteiger partial charge >= 0.3 is 0 Å². The van der Waals surface area contributed by atoms with Crippen LogP contribution in [0.2, 0.25) is 0 Å². The lowest BCUT2D eigenvalue weighted by Gasteiger charge is -2.06. The molecule has 0 spiro atoms. The summed E-state index contributed by atoms with van der Waals surface area (Å²) in [4.78, 5) is 8.75. The van der Waals surface area contributed by atoms with E-state index in [1.807, 2.05) is 43.6 Å². The van der Waals surface area contributed by atoms with Crippen LogP contribution in [-0.2, 0) is 12.8 Å². The van der Waals surface area contributed by atoms with Gasteiger partial charge in [-0.3, -0.25) is 0 Å². The molecule has 2 rings (SSSR count). The van der Waals surface area contributed by atoms with Crippen molar-refractivity contribution in [1.29, 1.82) is 0 Å². The van der Waals surface area contributed by atoms with Crippen molar-refractivity contribution in [2.75, 3.05) is 7.11 Å². The molecule has 0 saturated carbocycles. The van der Waals surface area contributed by atoms with Crippen LogP contribution in [0.3, 0.4) is 0 Å². The van der Waals surface area contributed by atoms with Crippen LogP contribution in [0.4, 0.5) is 0 Å². The molecule has 0 fully saturated rings. The molecule has 2 N–H and O–H groups in total. The van der Waals surface area contributed by atoms with Crippen LogP contribution in [0.1, 0.15) is 23.9 Å². The molecule has 0 aliphatic heterocycles. The Morgan fingerprint density at radius 1 is 1.21 bits per heavy atom. The maximum absolute atomic E-state index is 5.75. The summed E-state index contributed by atoms with van der Waals surface area (Å²) in [6.07, 6.45) is 5.22. The van der Waals surface area contributed by atoms with Crippen LogP contribution in [0.25, 0.3) is 0 Å². The molecule has 19 heavy (non-hydrogen) atoms. The Morgan fingerprint density at radius 2 is 1.95 bits per heavy atom. The Balaban J connectivity index is 2.06. The number of nitrogens with two attached hydrogens (primary N) is 1. The second-order valence-electron chi connectivity index (χ2n) is 4.72. The van der Waals surface area contributed by atoms with Crippen molar-refractivity contribution in [2.45, 2.75) is 25.8 Å². The lowest BCUT2D eigenvalue weighted by molar-refractivity contribution is 0.414. The van der Waals surface area contributed by atoms with Gasteiger partial charge in [-0.2, -0.15) is 0 Å². The highest BCUT2D eigenvalue weighted by atomic mass is 16.5. The molecule has 0 aliphatic carbocycles. The van der Waals surface area contributed by atoms with E-state index in [4.69, 9.17) is 10.5 Å². The molecule has 0 amide bonds. The first-order valence-corrected chi connectivity index (χ1v) is 6.35. The van der Waals surface area contributed by atoms with E-state index < -0.39 is 0 Å². The van der Waals surface area contributed by atoms with Gasteiger partial charge in [0.05, 0.1) is 7.11 Å². The molecule has 1 atom stereocenters. The van der Waals surface area contributed by atoms with Crippen molar-refractivity contribution in [3.8, 4) is 5.75 Å². The van der Waals surface area contributed by atoms with Crippen molar-refractivity contribution in [1.82, 2.24) is 9.97 Å². The lowest BCUT2D eigenvalue weighted by Crippen LogP contribution is -2.18. The van der Waals surface area contributed by atoms with E-state index >= 15 is 0 Å². The summed E-state index contributed by atoms with van der Waals surface area (Å²) in [7, 11) is 1.67. The summed E-state index contributed by atoms with van der Waals surface area (Å²) >= 11 is 0. The highest BCUT2D eigenvalue weighted by Crippen LogP contribution is 2.14. The Bertz CT molecular complexity index is 523. The van der Waals surface area contributed by atoms with E-state index in [1.165, 1.54) is 0 Å². The van der Waals surface area contributed by atoms with Crippen LogP contribution in [-0.4, -0.2) is 23.1 Å². The van der Waals surface area contributed by atoms with Gasteiger partial charge in [0.15, 0.2) is 0 Å². The maximum Gasteiger partial charge on any atom is 0.132 e. The van der Waals surface area contributed by atoms with Gasteiger partial charge in [0.25, 0.3) is 0 Å². The molecular weight excluding hydrogens is 238 g/mol. The highest BCUT2D eigenvalue weighted by Gasteiger charge is 2.03. The van der Waals surface area contributed by atoms with Gasteiger partial charge in [0, 0.05) is 24.9 Å². The SMILES string of the molecule is COc1cccc(Cc2ncc(CC(C)N)cn2)c1. The highest BCUT2D eigenvalue weighted by molar-refractivity contribution is 5.30. The number of rotatable bonds is 5. The molecule has 1 unspecified atom stereocenters. The lowest BCUT2D eigenvalue weighted by atomic mass is 10.1. The smallest absolute Gasteiger partial charge is 0.132 e. The van der Waals surface area contributed by atoms with Crippen molar-refractivity contribution in [2.24, 2.45) is 5.73 Å². The van der Waals surface area contributed by atoms with Crippen molar-refractivity contribution < 1.29 is 4.74 Å². The van der Waals surface area contributed by atoms with Crippen LogP contribution in [0.15, 0.2) is 36.7 Å². The topological polar surface area (TPSA) is 61.0 Å². The second kappa shape index (κ2) is 6.29. The van der Waals surface area contributed by atoms with Crippen LogP contribution < -0.4 is 10.5 Å². The number of hydrogen-bond acceptors (Lipinski definition) is 4. The zero-order valence-corrected chi connectivity index (χ0v) is 11.3. The summed E-state index contributed by atoms with van der Waals surface area (Å²) in [5.41, 5.74) is 7.96. The Morgan fingerprint density at radius 3 is 2.58 bits per heavy atom. The van der Waals surface area contributed by atoms with Crippen molar-refractivity contribution >= 4 is 0 Å². The summed E-state index contributed by atoms with van der Waals surface area (Å²) < 4.78 is 5.20. The predicted octanol–water partition coefficient (Wildman–Crippen LogP) is 1.97. The minimum atomic E-state index is 0.132. The Kier molecular flexibility index (Phi) is 4.47. The molecule has 2 aromatic rings. The van der Waals surface area contributed by atoms with Crippen LogP contribution in [0.5, 0.6) is 5.75 Å². The quantitative estimate of drug-likeness (QED) is 0.889. The molecule has 4 heteroatoms. The second-order valence-corrected chi connectivity index (χ2v) is 4.72. The molecule has 100 valence electrons. The van der Waals surface area contributed by atoms with Gasteiger partial charge in [-0.15, -0.1) is 0 Å². The predicted molar refractivity (Wildman–Crippen MR) is 75.2 cm³/mol. The Hall–Kier alpha value is -1.94. The number of benzene rings is 1. The third-order valence-electron chi connectivity index (χ3n) is 2.81. The molecule has 1 aromatic heterocycles. The van der Waals surface area contributed by atoms with Gasteiger partial charge in [-0.1, -0.05) is 12.1 Å². The molecule has 4 nitrogen and oxygen atoms in total. The average molecular weight is 257 g/mol. The number of hydrogen-bond donors (Lipinski definition) is 1. The first-order chi connectivity index (χ1) is 9.17. The van der Waals surface area contributed by atoms with Gasteiger partial charge in [-0.05, 0) is 36.6 Å². The monoisotopic (exact) mass is 257 g/mol. The average Bonchev–Trinajstić information content (AvgIpc) is 2.41. The van der Waals surface area contributed by atoms with E-state index in [0.717, 1.165) is 29.1 Å². The first kappa shape index (κ1) is 13.5. The van der Waals surface area contributed by atoms with Gasteiger partial charge < -0.3 is 10.5 Å². The fraction of sp³-hybridized carbons (Fsp3) is 0.333. The van der Waals surface area contributed by atoms with E-state index in [0.29, 0.717) is 6.42 Å². The molecule has 0 aliphatic rings. The van der Waals surface area contributed by atoms with Crippen LogP contribution >= 0.6 is 0 Å². The summed E-state index contributed by atoms with van der Waals surface area (Å²) in [6.45, 7) is 1.98. The van der Waals surface area contributed by atoms with E-state index in [2.05, 4.69) is 9.97 Å². The van der Waals surface area contributed by atoms with E-state index in [-0.39, 0.29) is 6.04 Å². The standard InChI is InChI=1S/C15H19N3O/c1-11(16)6-13-9-17-15(18-10-13)8-12-4-3-5-14(7-12)19-2/h3-5,7,9-11H,6,8,16H2,1-2H3. The van der Waals surface area contributed by atoms with Crippen molar-refractivity contribution in [3.63, 3.8) is 0 Å². The number of ether oxygens (including phenoxy) is 1. The zero-order chi connectivity index (χ0) is 13.7. The third-order valence-corrected chi connectivity index (χ3v) is 2.81. The molecule has 0 bridgehead atoms. The molecule has 1 aromatic carbocycles. The minimum Gasteiger partial charge on any atom is -0.497 e. The summed E-state index contributed by atoms with van der Waals surface area (Å²) in [5, 5.41) is 0. The van der Waals surface area contributed by atoms with Gasteiger partial charge in [0.2, 0.25) is 0 Å². The zero-order valence-electron chi connectivity index (χ0n) is 11.3. The Labute approximate surface area is 113 Å². The number of nitrogens with zero attached hydrogens (tertiary/aromatic N) is 2. The largest absolute Gasteiger partial charge is 0.497 e. The molecular formula is C15H19N3O. The first-order valence-electron chi connectivity index (χ1n) is 6.35. The van der Waals surface area contributed by atoms with Gasteiger partial charge in [-0.25, -0.2) is 9.97 Å². The number of methoxy groups -OCH3 is 1. The van der Waals surface area contributed by atoms with Gasteiger partial charge in [0.1, 0.15) is 11.6 Å². The minimum absolute atomic E-state index is 0.132. The third kappa shape index (κ3) is 4.03. The molecule has 0 saturated heterocycles. The number of aromatic nitrogens is 2. The summed E-state index contributed by atoms with van der Waals surface area (Å²) in [5.74, 6) is 1.66. The van der Waals surface area contributed by atoms with E-state index in [9.17, 15) is 0 Å². The maximum atomic E-state index is 5.75. The normalized spacial score (nSPS) is 12.2. The van der Waals surface area contributed by atoms with Crippen LogP contribution in [0, 0.1) is 0 Å². The van der Waals surface area contributed by atoms with Crippen molar-refractivity contribution in [3.05, 3.63) is 53.6 Å².